The van der Waals surface area contributed by atoms with Gasteiger partial charge in [0.25, 0.3) is 0 Å². The highest BCUT2D eigenvalue weighted by Gasteiger charge is 2.39. The van der Waals surface area contributed by atoms with Gasteiger partial charge in [-0.1, -0.05) is 30.3 Å². The van der Waals surface area contributed by atoms with Gasteiger partial charge in [0.15, 0.2) is 0 Å². The summed E-state index contributed by atoms with van der Waals surface area (Å²) in [6.45, 7) is 0.584. The van der Waals surface area contributed by atoms with Gasteiger partial charge in [-0.15, -0.1) is 0 Å². The molecule has 6 nitrogen and oxygen atoms in total. The van der Waals surface area contributed by atoms with Crippen LogP contribution in [0, 0.1) is 0 Å². The van der Waals surface area contributed by atoms with Crippen molar-refractivity contribution in [3.63, 3.8) is 0 Å². The van der Waals surface area contributed by atoms with Crippen LogP contribution in [-0.4, -0.2) is 31.2 Å². The van der Waals surface area contributed by atoms with E-state index in [0.29, 0.717) is 25.1 Å². The molecule has 27 heavy (non-hydrogen) atoms. The van der Waals surface area contributed by atoms with Crippen LogP contribution in [0.5, 0.6) is 0 Å². The second-order valence-corrected chi connectivity index (χ2v) is 8.47. The van der Waals surface area contributed by atoms with Crippen LogP contribution in [0.4, 0.5) is 0 Å². The van der Waals surface area contributed by atoms with E-state index < -0.39 is 16.1 Å². The molecule has 0 aliphatic carbocycles. The van der Waals surface area contributed by atoms with E-state index in [-0.39, 0.29) is 17.3 Å². The minimum absolute atomic E-state index is 0.215. The lowest BCUT2D eigenvalue weighted by Crippen LogP contribution is -2.45. The number of sulfonamides is 1. The molecule has 3 aromatic rings. The Morgan fingerprint density at radius 1 is 1.11 bits per heavy atom. The summed E-state index contributed by atoms with van der Waals surface area (Å²) in [6, 6.07) is 15.5. The first-order valence-corrected chi connectivity index (χ1v) is 10.3. The Balaban J connectivity index is 1.56. The average Bonchev–Trinajstić information content (AvgIpc) is 3.37. The summed E-state index contributed by atoms with van der Waals surface area (Å²) >= 11 is 0. The highest BCUT2D eigenvalue weighted by molar-refractivity contribution is 7.89. The summed E-state index contributed by atoms with van der Waals surface area (Å²) in [7, 11) is -3.75. The van der Waals surface area contributed by atoms with Crippen LogP contribution in [0.2, 0.25) is 0 Å². The fourth-order valence-electron chi connectivity index (χ4n) is 3.46. The molecule has 1 N–H and O–H groups in total. The van der Waals surface area contributed by atoms with Crippen molar-refractivity contribution < 1.29 is 17.6 Å². The van der Waals surface area contributed by atoms with E-state index in [9.17, 15) is 13.2 Å². The molecule has 1 aliphatic rings. The SMILES string of the molecule is O=C(NCc1ccco1)[C@H]1CCCN1S(=O)(=O)c1ccc2ccccc2c1. The Morgan fingerprint density at radius 2 is 1.93 bits per heavy atom. The molecule has 2 aromatic carbocycles. The summed E-state index contributed by atoms with van der Waals surface area (Å²) in [4.78, 5) is 12.8. The van der Waals surface area contributed by atoms with Crippen LogP contribution in [0.15, 0.2) is 70.2 Å². The molecule has 0 saturated carbocycles. The maximum Gasteiger partial charge on any atom is 0.243 e. The van der Waals surface area contributed by atoms with Crippen LogP contribution in [0.3, 0.4) is 0 Å². The monoisotopic (exact) mass is 384 g/mol. The highest BCUT2D eigenvalue weighted by atomic mass is 32.2. The highest BCUT2D eigenvalue weighted by Crippen LogP contribution is 2.28. The van der Waals surface area contributed by atoms with Gasteiger partial charge in [0.1, 0.15) is 11.8 Å². The van der Waals surface area contributed by atoms with Crippen molar-refractivity contribution in [2.24, 2.45) is 0 Å². The molecule has 1 aliphatic heterocycles. The van der Waals surface area contributed by atoms with E-state index in [1.54, 1.807) is 30.3 Å². The lowest BCUT2D eigenvalue weighted by molar-refractivity contribution is -0.124. The second kappa shape index (κ2) is 7.17. The predicted octanol–water partition coefficient (Wildman–Crippen LogP) is 2.90. The number of rotatable bonds is 5. The first kappa shape index (κ1) is 17.8. The second-order valence-electron chi connectivity index (χ2n) is 6.58. The third-order valence-corrected chi connectivity index (χ3v) is 6.75. The van der Waals surface area contributed by atoms with Gasteiger partial charge in [0.05, 0.1) is 17.7 Å². The van der Waals surface area contributed by atoms with Crippen molar-refractivity contribution in [2.45, 2.75) is 30.3 Å². The van der Waals surface area contributed by atoms with Gasteiger partial charge in [-0.25, -0.2) is 8.42 Å². The molecule has 140 valence electrons. The molecular formula is C20H20N2O4S. The maximum atomic E-state index is 13.2. The number of hydrogen-bond donors (Lipinski definition) is 1. The van der Waals surface area contributed by atoms with Crippen LogP contribution < -0.4 is 5.32 Å². The largest absolute Gasteiger partial charge is 0.467 e. The Kier molecular flexibility index (Phi) is 4.72. The zero-order valence-corrected chi connectivity index (χ0v) is 15.5. The Morgan fingerprint density at radius 3 is 2.70 bits per heavy atom. The van der Waals surface area contributed by atoms with Gasteiger partial charge in [-0.2, -0.15) is 4.31 Å². The molecule has 1 aromatic heterocycles. The van der Waals surface area contributed by atoms with Crippen LogP contribution in [0.25, 0.3) is 10.8 Å². The molecule has 0 bridgehead atoms. The third-order valence-electron chi connectivity index (χ3n) is 4.85. The van der Waals surface area contributed by atoms with Crippen molar-refractivity contribution in [1.82, 2.24) is 9.62 Å². The molecule has 2 heterocycles. The standard InChI is InChI=1S/C20H20N2O4S/c23-20(21-14-17-7-4-12-26-17)19-8-3-11-22(19)27(24,25)18-10-9-15-5-1-2-6-16(15)13-18/h1-2,4-7,9-10,12-13,19H,3,8,11,14H2,(H,21,23)/t19-/m1/s1. The third kappa shape index (κ3) is 3.48. The van der Waals surface area contributed by atoms with Crippen LogP contribution in [-0.2, 0) is 21.4 Å². The first-order chi connectivity index (χ1) is 13.1. The fraction of sp³-hybridized carbons (Fsp3) is 0.250. The van der Waals surface area contributed by atoms with E-state index in [4.69, 9.17) is 4.42 Å². The zero-order chi connectivity index (χ0) is 18.9. The number of benzene rings is 2. The number of carbonyl (C=O) groups is 1. The minimum Gasteiger partial charge on any atom is -0.467 e. The summed E-state index contributed by atoms with van der Waals surface area (Å²) in [5.41, 5.74) is 0. The Labute approximate surface area is 157 Å². The number of carbonyl (C=O) groups excluding carboxylic acids is 1. The Hall–Kier alpha value is -2.64. The van der Waals surface area contributed by atoms with Gasteiger partial charge < -0.3 is 9.73 Å². The van der Waals surface area contributed by atoms with Gasteiger partial charge in [0.2, 0.25) is 15.9 Å². The number of hydrogen-bond acceptors (Lipinski definition) is 4. The minimum atomic E-state index is -3.75. The lowest BCUT2D eigenvalue weighted by atomic mass is 10.1. The van der Waals surface area contributed by atoms with E-state index in [1.165, 1.54) is 10.6 Å². The van der Waals surface area contributed by atoms with E-state index >= 15 is 0 Å². The van der Waals surface area contributed by atoms with Crippen molar-refractivity contribution in [3.8, 4) is 0 Å². The summed E-state index contributed by atoms with van der Waals surface area (Å²) < 4.78 is 32.8. The molecule has 1 fully saturated rings. The van der Waals surface area contributed by atoms with Crippen molar-refractivity contribution in [1.29, 1.82) is 0 Å². The summed E-state index contributed by atoms with van der Waals surface area (Å²) in [5, 5.41) is 4.61. The van der Waals surface area contributed by atoms with Crippen molar-refractivity contribution in [2.75, 3.05) is 6.54 Å². The lowest BCUT2D eigenvalue weighted by Gasteiger charge is -2.23. The zero-order valence-electron chi connectivity index (χ0n) is 14.7. The van der Waals surface area contributed by atoms with Gasteiger partial charge in [0, 0.05) is 6.54 Å². The van der Waals surface area contributed by atoms with Gasteiger partial charge in [-0.3, -0.25) is 4.79 Å². The molecular weight excluding hydrogens is 364 g/mol. The molecule has 7 heteroatoms. The number of nitrogens with one attached hydrogen (secondary N) is 1. The molecule has 1 saturated heterocycles. The van der Waals surface area contributed by atoms with E-state index in [2.05, 4.69) is 5.32 Å². The maximum absolute atomic E-state index is 13.2. The average molecular weight is 384 g/mol. The smallest absolute Gasteiger partial charge is 0.243 e. The molecule has 0 radical (unpaired) electrons. The first-order valence-electron chi connectivity index (χ1n) is 8.86. The van der Waals surface area contributed by atoms with Crippen molar-refractivity contribution in [3.05, 3.63) is 66.6 Å². The normalized spacial score (nSPS) is 18.0. The summed E-state index contributed by atoms with van der Waals surface area (Å²) in [6.07, 6.45) is 2.70. The summed E-state index contributed by atoms with van der Waals surface area (Å²) in [5.74, 6) is 0.332. The topological polar surface area (TPSA) is 79.6 Å². The number of amides is 1. The number of nitrogens with zero attached hydrogens (tertiary/aromatic N) is 1. The van der Waals surface area contributed by atoms with Crippen LogP contribution >= 0.6 is 0 Å². The molecule has 1 amide bonds. The van der Waals surface area contributed by atoms with E-state index in [1.807, 2.05) is 24.3 Å². The number of fused-ring (bicyclic) bond motifs is 1. The molecule has 0 unspecified atom stereocenters. The fourth-order valence-corrected chi connectivity index (χ4v) is 5.15. The molecule has 0 spiro atoms. The molecule has 4 rings (SSSR count). The number of furan rings is 1. The Bertz CT molecular complexity index is 1060. The molecule has 1 atom stereocenters. The quantitative estimate of drug-likeness (QED) is 0.734. The van der Waals surface area contributed by atoms with Gasteiger partial charge in [-0.05, 0) is 47.9 Å². The van der Waals surface area contributed by atoms with Crippen LogP contribution in [0.1, 0.15) is 18.6 Å². The van der Waals surface area contributed by atoms with E-state index in [0.717, 1.165) is 10.8 Å². The van der Waals surface area contributed by atoms with Crippen molar-refractivity contribution >= 4 is 26.7 Å². The predicted molar refractivity (Wildman–Crippen MR) is 101 cm³/mol. The van der Waals surface area contributed by atoms with Gasteiger partial charge >= 0.3 is 0 Å².